The van der Waals surface area contributed by atoms with E-state index in [0.29, 0.717) is 23.1 Å². The average Bonchev–Trinajstić information content (AvgIpc) is 3.28. The molecule has 0 aliphatic carbocycles. The summed E-state index contributed by atoms with van der Waals surface area (Å²) in [6.45, 7) is 7.37. The topological polar surface area (TPSA) is 83.3 Å². The number of rotatable bonds is 5. The van der Waals surface area contributed by atoms with Crippen molar-refractivity contribution < 1.29 is 9.90 Å². The third-order valence-electron chi connectivity index (χ3n) is 5.25. The smallest absolute Gasteiger partial charge is 0.265 e. The number of aromatic nitrogens is 3. The van der Waals surface area contributed by atoms with Crippen LogP contribution in [0.5, 0.6) is 5.88 Å². The van der Waals surface area contributed by atoms with Crippen molar-refractivity contribution in [2.45, 2.75) is 37.6 Å². The van der Waals surface area contributed by atoms with E-state index in [2.05, 4.69) is 35.5 Å². The molecule has 1 aliphatic rings. The Kier molecular flexibility index (Phi) is 5.42. The molecule has 3 heterocycles. The Bertz CT molecular complexity index is 1050. The quantitative estimate of drug-likeness (QED) is 0.603. The molecule has 7 nitrogen and oxygen atoms in total. The van der Waals surface area contributed by atoms with Gasteiger partial charge in [-0.15, -0.1) is 5.10 Å². The number of nitrogens with zero attached hydrogens (tertiary/aromatic N) is 4. The van der Waals surface area contributed by atoms with Gasteiger partial charge in [-0.25, -0.2) is 9.67 Å². The van der Waals surface area contributed by atoms with Gasteiger partial charge in [0.2, 0.25) is 5.88 Å². The van der Waals surface area contributed by atoms with Crippen molar-refractivity contribution in [1.29, 1.82) is 0 Å². The van der Waals surface area contributed by atoms with E-state index in [1.807, 2.05) is 30.3 Å². The van der Waals surface area contributed by atoms with Crippen LogP contribution in [0, 0.1) is 5.92 Å². The Morgan fingerprint density at radius 1 is 1.20 bits per heavy atom. The molecule has 0 spiro atoms. The predicted octanol–water partition coefficient (Wildman–Crippen LogP) is 4.03. The first-order valence-corrected chi connectivity index (χ1v) is 10.7. The van der Waals surface area contributed by atoms with E-state index >= 15 is 0 Å². The molecule has 8 heteroatoms. The van der Waals surface area contributed by atoms with Gasteiger partial charge in [-0.2, -0.15) is 0 Å². The Morgan fingerprint density at radius 3 is 2.60 bits per heavy atom. The van der Waals surface area contributed by atoms with Crippen molar-refractivity contribution in [3.05, 3.63) is 60.3 Å². The zero-order valence-electron chi connectivity index (χ0n) is 17.2. The van der Waals surface area contributed by atoms with Crippen molar-refractivity contribution in [2.75, 3.05) is 11.4 Å². The normalized spacial score (nSPS) is 17.8. The number of pyridine rings is 1. The lowest BCUT2D eigenvalue weighted by Crippen LogP contribution is -2.40. The number of amides is 1. The molecule has 1 unspecified atom stereocenters. The minimum Gasteiger partial charge on any atom is -0.492 e. The number of anilines is 1. The van der Waals surface area contributed by atoms with Gasteiger partial charge in [0.25, 0.3) is 5.91 Å². The highest BCUT2D eigenvalue weighted by Crippen LogP contribution is 2.37. The largest absolute Gasteiger partial charge is 0.492 e. The van der Waals surface area contributed by atoms with Crippen molar-refractivity contribution in [3.8, 4) is 11.7 Å². The van der Waals surface area contributed by atoms with Crippen LogP contribution in [-0.4, -0.2) is 37.9 Å². The molecule has 30 heavy (non-hydrogen) atoms. The lowest BCUT2D eigenvalue weighted by molar-refractivity contribution is 0.0984. The summed E-state index contributed by atoms with van der Waals surface area (Å²) in [6, 6.07) is 14.7. The highest BCUT2D eigenvalue weighted by molar-refractivity contribution is 7.98. The number of benzene rings is 1. The zero-order chi connectivity index (χ0) is 21.3. The summed E-state index contributed by atoms with van der Waals surface area (Å²) in [6.07, 6.45) is 2.66. The van der Waals surface area contributed by atoms with Gasteiger partial charge in [0.1, 0.15) is 5.82 Å². The van der Waals surface area contributed by atoms with Crippen LogP contribution in [0.15, 0.2) is 59.6 Å². The number of hydrogen-bond donors (Lipinski definition) is 2. The van der Waals surface area contributed by atoms with E-state index in [0.717, 1.165) is 17.9 Å². The van der Waals surface area contributed by atoms with Gasteiger partial charge in [0, 0.05) is 29.2 Å². The van der Waals surface area contributed by atoms with Crippen molar-refractivity contribution in [3.63, 3.8) is 0 Å². The van der Waals surface area contributed by atoms with Crippen molar-refractivity contribution >= 4 is 23.7 Å². The molecule has 0 saturated carbocycles. The number of aromatic hydroxyl groups is 1. The van der Waals surface area contributed by atoms with Crippen LogP contribution in [-0.2, 0) is 0 Å². The second kappa shape index (κ2) is 8.02. The Morgan fingerprint density at radius 2 is 1.97 bits per heavy atom. The molecule has 1 aliphatic heterocycles. The van der Waals surface area contributed by atoms with E-state index < -0.39 is 0 Å². The average molecular weight is 424 g/mol. The molecular weight excluding hydrogens is 398 g/mol. The maximum atomic E-state index is 13.1. The molecule has 0 bridgehead atoms. The van der Waals surface area contributed by atoms with E-state index in [1.54, 1.807) is 18.3 Å². The second-order valence-corrected chi connectivity index (χ2v) is 9.12. The number of nitrogens with one attached hydrogen (secondary N) is 1. The summed E-state index contributed by atoms with van der Waals surface area (Å²) in [5.41, 5.74) is 0.388. The summed E-state index contributed by atoms with van der Waals surface area (Å²) in [7, 11) is 0. The molecular formula is C22H25N5O2S. The summed E-state index contributed by atoms with van der Waals surface area (Å²) < 4.78 is 4.44. The Labute approximate surface area is 180 Å². The first-order chi connectivity index (χ1) is 14.3. The fraction of sp³-hybridized carbons (Fsp3) is 0.318. The molecule has 2 N–H and O–H groups in total. The van der Waals surface area contributed by atoms with E-state index in [-0.39, 0.29) is 17.3 Å². The third kappa shape index (κ3) is 4.14. The molecule has 4 rings (SSSR count). The third-order valence-corrected chi connectivity index (χ3v) is 6.04. The van der Waals surface area contributed by atoms with Gasteiger partial charge in [-0.1, -0.05) is 25.1 Å². The standard InChI is InChI=1S/C22H25N5O2S/c1-15-13-22(2,3)26(14-15)20-17(21(29)25-30-16-7-5-4-6-8-16)9-10-18(23-20)27-12-11-19(28)24-27/h4-12,15H,13-14H2,1-3H3,(H,24,28)(H,25,29). The summed E-state index contributed by atoms with van der Waals surface area (Å²) >= 11 is 1.28. The summed E-state index contributed by atoms with van der Waals surface area (Å²) in [4.78, 5) is 21.0. The summed E-state index contributed by atoms with van der Waals surface area (Å²) in [5.74, 6) is 1.40. The minimum absolute atomic E-state index is 0.0745. The maximum Gasteiger partial charge on any atom is 0.265 e. The molecule has 2 aromatic heterocycles. The lowest BCUT2D eigenvalue weighted by Gasteiger charge is -2.34. The van der Waals surface area contributed by atoms with Gasteiger partial charge in [-0.3, -0.25) is 9.52 Å². The first kappa shape index (κ1) is 20.3. The Balaban J connectivity index is 1.69. The van der Waals surface area contributed by atoms with Crippen LogP contribution >= 0.6 is 11.9 Å². The molecule has 1 fully saturated rings. The molecule has 156 valence electrons. The van der Waals surface area contributed by atoms with Crippen molar-refractivity contribution in [1.82, 2.24) is 19.5 Å². The van der Waals surface area contributed by atoms with Gasteiger partial charge >= 0.3 is 0 Å². The predicted molar refractivity (Wildman–Crippen MR) is 118 cm³/mol. The molecule has 1 amide bonds. The second-order valence-electron chi connectivity index (χ2n) is 8.24. The first-order valence-electron chi connectivity index (χ1n) is 9.89. The van der Waals surface area contributed by atoms with Gasteiger partial charge in [0.05, 0.1) is 5.56 Å². The van der Waals surface area contributed by atoms with Crippen LogP contribution in [0.4, 0.5) is 5.82 Å². The number of carbonyl (C=O) groups excluding carboxylic acids is 1. The van der Waals surface area contributed by atoms with E-state index in [1.165, 1.54) is 22.7 Å². The van der Waals surface area contributed by atoms with Crippen LogP contribution in [0.1, 0.15) is 37.6 Å². The van der Waals surface area contributed by atoms with Gasteiger partial charge in [-0.05, 0) is 62.4 Å². The summed E-state index contributed by atoms with van der Waals surface area (Å²) in [5, 5.41) is 13.6. The number of hydrogen-bond acceptors (Lipinski definition) is 6. The van der Waals surface area contributed by atoms with Gasteiger partial charge in [0.15, 0.2) is 5.82 Å². The zero-order valence-corrected chi connectivity index (χ0v) is 18.1. The molecule has 1 aromatic carbocycles. The van der Waals surface area contributed by atoms with Crippen LogP contribution < -0.4 is 9.62 Å². The van der Waals surface area contributed by atoms with Gasteiger partial charge < -0.3 is 10.0 Å². The highest BCUT2D eigenvalue weighted by Gasteiger charge is 2.39. The van der Waals surface area contributed by atoms with Crippen molar-refractivity contribution in [2.24, 2.45) is 5.92 Å². The monoisotopic (exact) mass is 423 g/mol. The van der Waals surface area contributed by atoms with E-state index in [4.69, 9.17) is 4.98 Å². The lowest BCUT2D eigenvalue weighted by atomic mass is 9.97. The van der Waals surface area contributed by atoms with E-state index in [9.17, 15) is 9.90 Å². The Hall–Kier alpha value is -3.00. The van der Waals surface area contributed by atoms with Crippen LogP contribution in [0.3, 0.4) is 0 Å². The SMILES string of the molecule is CC1CN(c2nc(-n3ccc(O)n3)ccc2C(=O)NSc2ccccc2)C(C)(C)C1. The fourth-order valence-corrected chi connectivity index (χ4v) is 4.61. The van der Waals surface area contributed by atoms with Crippen LogP contribution in [0.25, 0.3) is 5.82 Å². The molecule has 0 radical (unpaired) electrons. The minimum atomic E-state index is -0.198. The number of carbonyl (C=O) groups is 1. The highest BCUT2D eigenvalue weighted by atomic mass is 32.2. The maximum absolute atomic E-state index is 13.1. The fourth-order valence-electron chi connectivity index (χ4n) is 4.00. The molecule has 3 aromatic rings. The molecule has 1 atom stereocenters. The van der Waals surface area contributed by atoms with Crippen LogP contribution in [0.2, 0.25) is 0 Å². The molecule has 1 saturated heterocycles.